The van der Waals surface area contributed by atoms with E-state index in [9.17, 15) is 4.79 Å². The van der Waals surface area contributed by atoms with E-state index < -0.39 is 0 Å². The average Bonchev–Trinajstić information content (AvgIpc) is 2.71. The maximum atomic E-state index is 11.6. The molecule has 0 spiro atoms. The minimum Gasteiger partial charge on any atom is -0.373 e. The van der Waals surface area contributed by atoms with E-state index in [0.29, 0.717) is 12.3 Å². The summed E-state index contributed by atoms with van der Waals surface area (Å²) < 4.78 is 6.31. The van der Waals surface area contributed by atoms with Crippen molar-refractivity contribution in [2.24, 2.45) is 10.9 Å². The first-order valence-corrected chi connectivity index (χ1v) is 11.0. The fourth-order valence-electron chi connectivity index (χ4n) is 4.22. The molecular weight excluding hydrogens is 467 g/mol. The number of hydrogen-bond donors (Lipinski definition) is 2. The Bertz CT molecular complexity index is 473. The number of carbonyl (C=O) groups excluding carboxylic acids is 1. The van der Waals surface area contributed by atoms with Crippen molar-refractivity contribution in [2.75, 3.05) is 39.8 Å². The Kier molecular flexibility index (Phi) is 12.4. The lowest BCUT2D eigenvalue weighted by Crippen LogP contribution is -2.47. The molecule has 1 saturated heterocycles. The molecule has 1 saturated carbocycles. The second kappa shape index (κ2) is 13.6. The quantitative estimate of drug-likeness (QED) is 0.299. The molecule has 28 heavy (non-hydrogen) atoms. The molecule has 2 aliphatic rings. The van der Waals surface area contributed by atoms with Gasteiger partial charge in [0, 0.05) is 39.7 Å². The van der Waals surface area contributed by atoms with Crippen molar-refractivity contribution >= 4 is 35.8 Å². The molecule has 0 radical (unpaired) electrons. The second-order valence-electron chi connectivity index (χ2n) is 8.07. The van der Waals surface area contributed by atoms with Gasteiger partial charge in [0.1, 0.15) is 0 Å². The Morgan fingerprint density at radius 2 is 1.86 bits per heavy atom. The Balaban J connectivity index is 0.00000392. The van der Waals surface area contributed by atoms with Gasteiger partial charge in [-0.1, -0.05) is 26.2 Å². The third-order valence-corrected chi connectivity index (χ3v) is 5.90. The first-order valence-electron chi connectivity index (χ1n) is 11.0. The average molecular weight is 508 g/mol. The predicted octanol–water partition coefficient (Wildman–Crippen LogP) is 3.55. The van der Waals surface area contributed by atoms with Crippen LogP contribution in [0.1, 0.15) is 71.6 Å². The molecule has 2 rings (SSSR count). The van der Waals surface area contributed by atoms with Crippen molar-refractivity contribution in [3.05, 3.63) is 0 Å². The van der Waals surface area contributed by atoms with Crippen LogP contribution in [0.3, 0.4) is 0 Å². The summed E-state index contributed by atoms with van der Waals surface area (Å²) in [5.74, 6) is 1.66. The largest absolute Gasteiger partial charge is 0.373 e. The number of likely N-dealkylation sites (tertiary alicyclic amines) is 1. The number of amides is 1. The van der Waals surface area contributed by atoms with Crippen LogP contribution in [0.15, 0.2) is 4.99 Å². The summed E-state index contributed by atoms with van der Waals surface area (Å²) >= 11 is 0. The van der Waals surface area contributed by atoms with E-state index in [-0.39, 0.29) is 35.5 Å². The normalized spacial score (nSPS) is 20.4. The molecule has 0 atom stereocenters. The van der Waals surface area contributed by atoms with Gasteiger partial charge >= 0.3 is 0 Å². The smallest absolute Gasteiger partial charge is 0.220 e. The first-order chi connectivity index (χ1) is 13.1. The van der Waals surface area contributed by atoms with E-state index >= 15 is 0 Å². The van der Waals surface area contributed by atoms with Crippen molar-refractivity contribution < 1.29 is 9.53 Å². The standard InChI is InChI=1S/C21H40N4O2.HI/c1-4-15-27-21(11-7-6-8-12-21)17-24-20(23-5-2)25-13-9-18(10-14-25)16-19(26)22-3;/h18H,4-17H2,1-3H3,(H,22,26)(H,23,24);1H. The van der Waals surface area contributed by atoms with Crippen molar-refractivity contribution in [1.29, 1.82) is 0 Å². The van der Waals surface area contributed by atoms with Crippen molar-refractivity contribution in [2.45, 2.75) is 77.2 Å². The highest BCUT2D eigenvalue weighted by atomic mass is 127. The molecule has 7 heteroatoms. The predicted molar refractivity (Wildman–Crippen MR) is 126 cm³/mol. The highest BCUT2D eigenvalue weighted by molar-refractivity contribution is 14.0. The minimum atomic E-state index is -0.0630. The highest BCUT2D eigenvalue weighted by Crippen LogP contribution is 2.32. The molecule has 6 nitrogen and oxygen atoms in total. The Morgan fingerprint density at radius 3 is 2.43 bits per heavy atom. The minimum absolute atomic E-state index is 0. The topological polar surface area (TPSA) is 66.0 Å². The Hall–Kier alpha value is -0.570. The Morgan fingerprint density at radius 1 is 1.18 bits per heavy atom. The summed E-state index contributed by atoms with van der Waals surface area (Å²) in [6.45, 7) is 8.70. The molecule has 1 amide bonds. The van der Waals surface area contributed by atoms with Crippen LogP contribution in [-0.2, 0) is 9.53 Å². The van der Waals surface area contributed by atoms with Crippen LogP contribution in [0.4, 0.5) is 0 Å². The van der Waals surface area contributed by atoms with E-state index in [2.05, 4.69) is 29.4 Å². The van der Waals surface area contributed by atoms with E-state index in [4.69, 9.17) is 9.73 Å². The zero-order chi connectivity index (χ0) is 19.5. The van der Waals surface area contributed by atoms with Crippen LogP contribution >= 0.6 is 24.0 Å². The number of guanidine groups is 1. The van der Waals surface area contributed by atoms with Crippen LogP contribution in [0.2, 0.25) is 0 Å². The summed E-state index contributed by atoms with van der Waals surface area (Å²) in [7, 11) is 1.72. The summed E-state index contributed by atoms with van der Waals surface area (Å²) in [6.07, 6.45) is 9.89. The number of piperidine rings is 1. The number of nitrogens with zero attached hydrogens (tertiary/aromatic N) is 2. The molecule has 1 aliphatic carbocycles. The molecule has 0 aromatic heterocycles. The molecule has 0 unspecified atom stereocenters. The molecule has 0 aromatic rings. The number of aliphatic imine (C=N–C) groups is 1. The first kappa shape index (κ1) is 25.5. The monoisotopic (exact) mass is 508 g/mol. The molecule has 2 N–H and O–H groups in total. The van der Waals surface area contributed by atoms with Gasteiger partial charge in [-0.25, -0.2) is 0 Å². The van der Waals surface area contributed by atoms with Gasteiger partial charge < -0.3 is 20.3 Å². The lowest BCUT2D eigenvalue weighted by atomic mass is 9.84. The van der Waals surface area contributed by atoms with Crippen LogP contribution in [-0.4, -0.2) is 62.2 Å². The van der Waals surface area contributed by atoms with Crippen LogP contribution < -0.4 is 10.6 Å². The van der Waals surface area contributed by atoms with Crippen LogP contribution in [0, 0.1) is 5.92 Å². The SMILES string of the molecule is CCCOC1(CN=C(NCC)N2CCC(CC(=O)NC)CC2)CCCCC1.I. The van der Waals surface area contributed by atoms with Gasteiger partial charge in [0.05, 0.1) is 12.1 Å². The maximum Gasteiger partial charge on any atom is 0.220 e. The van der Waals surface area contributed by atoms with Gasteiger partial charge in [0.15, 0.2) is 5.96 Å². The zero-order valence-corrected chi connectivity index (χ0v) is 20.4. The Labute approximate surface area is 188 Å². The number of rotatable bonds is 8. The van der Waals surface area contributed by atoms with Gasteiger partial charge in [-0.2, -0.15) is 0 Å². The van der Waals surface area contributed by atoms with E-state index in [1.807, 2.05) is 0 Å². The van der Waals surface area contributed by atoms with Crippen LogP contribution in [0.25, 0.3) is 0 Å². The van der Waals surface area contributed by atoms with Crippen molar-refractivity contribution in [3.8, 4) is 0 Å². The fourth-order valence-corrected chi connectivity index (χ4v) is 4.22. The molecule has 0 aromatic carbocycles. The lowest BCUT2D eigenvalue weighted by Gasteiger charge is -2.38. The van der Waals surface area contributed by atoms with Crippen molar-refractivity contribution in [3.63, 3.8) is 0 Å². The number of nitrogens with one attached hydrogen (secondary N) is 2. The summed E-state index contributed by atoms with van der Waals surface area (Å²) in [5.41, 5.74) is -0.0630. The molecule has 1 heterocycles. The number of ether oxygens (including phenoxy) is 1. The summed E-state index contributed by atoms with van der Waals surface area (Å²) in [4.78, 5) is 19.0. The third-order valence-electron chi connectivity index (χ3n) is 5.90. The maximum absolute atomic E-state index is 11.6. The number of carbonyl (C=O) groups is 1. The molecule has 2 fully saturated rings. The van der Waals surface area contributed by atoms with Gasteiger partial charge in [-0.3, -0.25) is 9.79 Å². The van der Waals surface area contributed by atoms with Crippen molar-refractivity contribution in [1.82, 2.24) is 15.5 Å². The van der Waals surface area contributed by atoms with E-state index in [1.165, 1.54) is 19.3 Å². The molecule has 1 aliphatic heterocycles. The summed E-state index contributed by atoms with van der Waals surface area (Å²) in [5, 5.41) is 6.21. The van der Waals surface area contributed by atoms with Gasteiger partial charge in [0.2, 0.25) is 5.91 Å². The molecule has 164 valence electrons. The molecule has 0 bridgehead atoms. The van der Waals surface area contributed by atoms with Gasteiger partial charge in [-0.05, 0) is 44.9 Å². The highest BCUT2D eigenvalue weighted by Gasteiger charge is 2.33. The van der Waals surface area contributed by atoms with E-state index in [0.717, 1.165) is 70.8 Å². The zero-order valence-electron chi connectivity index (χ0n) is 18.1. The number of halogens is 1. The van der Waals surface area contributed by atoms with E-state index in [1.54, 1.807) is 7.05 Å². The lowest BCUT2D eigenvalue weighted by molar-refractivity contribution is -0.121. The van der Waals surface area contributed by atoms with Gasteiger partial charge in [0.25, 0.3) is 0 Å². The van der Waals surface area contributed by atoms with Crippen LogP contribution in [0.5, 0.6) is 0 Å². The fraction of sp³-hybridized carbons (Fsp3) is 0.905. The summed E-state index contributed by atoms with van der Waals surface area (Å²) in [6, 6.07) is 0. The van der Waals surface area contributed by atoms with Gasteiger partial charge in [-0.15, -0.1) is 24.0 Å². The number of hydrogen-bond acceptors (Lipinski definition) is 3. The molecular formula is C21H41IN4O2. The second-order valence-corrected chi connectivity index (χ2v) is 8.07. The third kappa shape index (κ3) is 8.05.